The Morgan fingerprint density at radius 2 is 1.17 bits per heavy atom. The van der Waals surface area contributed by atoms with Gasteiger partial charge in [0.05, 0.1) is 32.5 Å². The molecule has 4 rings (SSSR count). The van der Waals surface area contributed by atoms with Crippen LogP contribution in [0.2, 0.25) is 0 Å². The highest BCUT2D eigenvalue weighted by Gasteiger charge is 2.56. The summed E-state index contributed by atoms with van der Waals surface area (Å²) in [5.74, 6) is -2.57. The first-order valence-electron chi connectivity index (χ1n) is 21.8. The van der Waals surface area contributed by atoms with Gasteiger partial charge in [-0.25, -0.2) is 9.67 Å². The second kappa shape index (κ2) is 20.0. The van der Waals surface area contributed by atoms with E-state index in [-0.39, 0.29) is 25.0 Å². The lowest BCUT2D eigenvalue weighted by atomic mass is 9.93. The second-order valence-electron chi connectivity index (χ2n) is 21.4. The van der Waals surface area contributed by atoms with Crippen LogP contribution < -0.4 is 9.47 Å². The predicted octanol–water partition coefficient (Wildman–Crippen LogP) is 7.12. The Morgan fingerprint density at radius 3 is 1.69 bits per heavy atom. The van der Waals surface area contributed by atoms with Crippen molar-refractivity contribution in [1.82, 2.24) is 14.8 Å². The van der Waals surface area contributed by atoms with Gasteiger partial charge in [-0.05, 0) is 152 Å². The average Bonchev–Trinajstić information content (AvgIpc) is 3.53. The van der Waals surface area contributed by atoms with Crippen molar-refractivity contribution in [3.8, 4) is 11.6 Å². The number of esters is 5. The average molecular weight is 896 g/mol. The molecule has 2 aromatic heterocycles. The molecule has 0 aliphatic carbocycles. The van der Waals surface area contributed by atoms with Crippen LogP contribution >= 0.6 is 0 Å². The number of carbonyl (C=O) groups is 5. The number of benzene rings is 1. The number of carbonyl (C=O) groups excluding carboxylic acids is 5. The minimum absolute atomic E-state index is 0.0266. The van der Waals surface area contributed by atoms with Gasteiger partial charge in [-0.2, -0.15) is 0 Å². The molecule has 0 bridgehead atoms. The first kappa shape index (κ1) is 51.5. The van der Waals surface area contributed by atoms with E-state index in [1.165, 1.54) is 0 Å². The summed E-state index contributed by atoms with van der Waals surface area (Å²) >= 11 is 0. The Kier molecular flexibility index (Phi) is 16.1. The molecule has 64 heavy (non-hydrogen) atoms. The van der Waals surface area contributed by atoms with Crippen molar-refractivity contribution in [2.45, 2.75) is 160 Å². The summed E-state index contributed by atoms with van der Waals surface area (Å²) in [5.41, 5.74) is -2.60. The summed E-state index contributed by atoms with van der Waals surface area (Å²) in [5, 5.41) is 15.1. The molecule has 16 nitrogen and oxygen atoms in total. The lowest BCUT2D eigenvalue weighted by Crippen LogP contribution is -2.65. The summed E-state index contributed by atoms with van der Waals surface area (Å²) in [6, 6.07) is 9.07. The van der Waals surface area contributed by atoms with Gasteiger partial charge in [0.25, 0.3) is 0 Å². The topological polar surface area (TPSA) is 201 Å². The van der Waals surface area contributed by atoms with Gasteiger partial charge in [-0.15, -0.1) is 5.10 Å². The van der Waals surface area contributed by atoms with Gasteiger partial charge in [0, 0.05) is 19.3 Å². The van der Waals surface area contributed by atoms with E-state index in [1.54, 1.807) is 127 Å². The van der Waals surface area contributed by atoms with Crippen molar-refractivity contribution >= 4 is 40.9 Å². The molecular formula is C48H69N3O13. The zero-order valence-corrected chi connectivity index (χ0v) is 40.3. The SMILES string of the molecule is CC(C)(C)C(=O)OC[C@H]1O[C@@H](Oc2nn(CCCO)c3nccc(CCc4ccc(OC(=O)C(C)(C)C)cc4)c23)[C@H](OC(=O)C(C)(C)C)[C@@H](OC(=O)C(C)(C)C)[C@@H]1OC(=O)C(C)(C)C. The van der Waals surface area contributed by atoms with Crippen LogP contribution in [0.5, 0.6) is 11.6 Å². The van der Waals surface area contributed by atoms with E-state index in [2.05, 4.69) is 4.98 Å². The Hall–Kier alpha value is -5.09. The van der Waals surface area contributed by atoms with Crippen LogP contribution in [-0.4, -0.2) is 93.6 Å². The number of pyridine rings is 1. The number of aliphatic hydroxyl groups is 1. The van der Waals surface area contributed by atoms with E-state index in [4.69, 9.17) is 38.3 Å². The lowest BCUT2D eigenvalue weighted by Gasteiger charge is -2.45. The molecule has 3 heterocycles. The Balaban J connectivity index is 1.87. The molecule has 0 unspecified atom stereocenters. The number of rotatable bonds is 14. The third-order valence-electron chi connectivity index (χ3n) is 10.0. The summed E-state index contributed by atoms with van der Waals surface area (Å²) in [6.45, 7) is 24.9. The number of aliphatic hydroxyl groups excluding tert-OH is 1. The molecule has 1 fully saturated rings. The molecule has 1 aromatic carbocycles. The van der Waals surface area contributed by atoms with E-state index in [1.807, 2.05) is 18.2 Å². The van der Waals surface area contributed by atoms with E-state index in [9.17, 15) is 29.1 Å². The fourth-order valence-electron chi connectivity index (χ4n) is 5.95. The van der Waals surface area contributed by atoms with Gasteiger partial charge in [0.1, 0.15) is 18.5 Å². The molecule has 1 N–H and O–H groups in total. The van der Waals surface area contributed by atoms with Gasteiger partial charge in [-0.1, -0.05) is 12.1 Å². The smallest absolute Gasteiger partial charge is 0.316 e. The van der Waals surface area contributed by atoms with Gasteiger partial charge in [0.15, 0.2) is 17.9 Å². The molecule has 354 valence electrons. The van der Waals surface area contributed by atoms with Crippen LogP contribution in [0, 0.1) is 27.1 Å². The highest BCUT2D eigenvalue weighted by Crippen LogP contribution is 2.37. The van der Waals surface area contributed by atoms with Crippen molar-refractivity contribution < 1.29 is 62.2 Å². The minimum Gasteiger partial charge on any atom is -0.462 e. The van der Waals surface area contributed by atoms with Crippen LogP contribution in [-0.2, 0) is 67.0 Å². The Labute approximate surface area is 377 Å². The zero-order chi connectivity index (χ0) is 48.2. The molecule has 0 radical (unpaired) electrons. The van der Waals surface area contributed by atoms with Crippen LogP contribution in [0.1, 0.15) is 121 Å². The number of hydrogen-bond acceptors (Lipinski definition) is 15. The van der Waals surface area contributed by atoms with Gasteiger partial charge >= 0.3 is 29.8 Å². The number of aryl methyl sites for hydroxylation is 3. The maximum atomic E-state index is 13.9. The molecule has 3 aromatic rings. The van der Waals surface area contributed by atoms with Gasteiger partial charge < -0.3 is 38.3 Å². The third kappa shape index (κ3) is 13.5. The standard InChI is InChI=1S/C48H69N3O13/c1-44(2,3)39(53)58-27-31-33(61-41(55)46(7,8)9)34(62-42(56)47(10,11)12)35(63-43(57)48(13,14)15)38(60-31)64-37-32-29(23-24-49-36(32)51(50-37)25-16-26-52)20-17-28-18-21-30(22-19-28)59-40(54)45(4,5)6/h18-19,21-24,31,33-35,38,52H,16-17,20,25-27H2,1-15H3/t31-,33-,34+,35-,38+/m1/s1. The van der Waals surface area contributed by atoms with E-state index in [0.29, 0.717) is 36.0 Å². The van der Waals surface area contributed by atoms with Crippen LogP contribution in [0.4, 0.5) is 0 Å². The second-order valence-corrected chi connectivity index (χ2v) is 21.4. The monoisotopic (exact) mass is 895 g/mol. The molecule has 1 saturated heterocycles. The largest absolute Gasteiger partial charge is 0.462 e. The maximum Gasteiger partial charge on any atom is 0.316 e. The number of fused-ring (bicyclic) bond motifs is 1. The highest BCUT2D eigenvalue weighted by molar-refractivity contribution is 5.85. The van der Waals surface area contributed by atoms with Crippen molar-refractivity contribution in [2.24, 2.45) is 27.1 Å². The molecule has 1 aliphatic heterocycles. The molecule has 0 saturated carbocycles. The van der Waals surface area contributed by atoms with E-state index >= 15 is 0 Å². The molecular weight excluding hydrogens is 827 g/mol. The normalized spacial score (nSPS) is 19.7. The van der Waals surface area contributed by atoms with Gasteiger partial charge in [0.2, 0.25) is 18.3 Å². The summed E-state index contributed by atoms with van der Waals surface area (Å²) in [6.07, 6.45) is -4.45. The molecule has 16 heteroatoms. The molecule has 5 atom stereocenters. The minimum atomic E-state index is -1.59. The third-order valence-corrected chi connectivity index (χ3v) is 10.0. The Morgan fingerprint density at radius 1 is 0.656 bits per heavy atom. The molecule has 1 aliphatic rings. The number of hydrogen-bond donors (Lipinski definition) is 1. The van der Waals surface area contributed by atoms with E-state index < -0.39 is 88.3 Å². The van der Waals surface area contributed by atoms with Crippen molar-refractivity contribution in [3.63, 3.8) is 0 Å². The van der Waals surface area contributed by atoms with Gasteiger partial charge in [-0.3, -0.25) is 24.0 Å². The quantitative estimate of drug-likeness (QED) is 0.0974. The van der Waals surface area contributed by atoms with Crippen molar-refractivity contribution in [1.29, 1.82) is 0 Å². The first-order chi connectivity index (χ1) is 29.4. The number of ether oxygens (including phenoxy) is 7. The Bertz CT molecular complexity index is 2130. The van der Waals surface area contributed by atoms with Crippen LogP contribution in [0.15, 0.2) is 36.5 Å². The first-order valence-corrected chi connectivity index (χ1v) is 21.8. The summed E-state index contributed by atoms with van der Waals surface area (Å²) in [4.78, 5) is 71.7. The van der Waals surface area contributed by atoms with Crippen LogP contribution in [0.3, 0.4) is 0 Å². The fourth-order valence-corrected chi connectivity index (χ4v) is 5.95. The highest BCUT2D eigenvalue weighted by atomic mass is 16.7. The maximum absolute atomic E-state index is 13.9. The summed E-state index contributed by atoms with van der Waals surface area (Å²) in [7, 11) is 0. The zero-order valence-electron chi connectivity index (χ0n) is 40.3. The number of aromatic nitrogens is 3. The van der Waals surface area contributed by atoms with E-state index in [0.717, 1.165) is 11.1 Å². The molecule has 0 spiro atoms. The fraction of sp³-hybridized carbons (Fsp3) is 0.646. The number of nitrogens with zero attached hydrogens (tertiary/aromatic N) is 3. The van der Waals surface area contributed by atoms with Crippen molar-refractivity contribution in [2.75, 3.05) is 13.2 Å². The summed E-state index contributed by atoms with van der Waals surface area (Å²) < 4.78 is 44.7. The molecule has 0 amide bonds. The predicted molar refractivity (Wildman–Crippen MR) is 236 cm³/mol. The van der Waals surface area contributed by atoms with Crippen LogP contribution in [0.25, 0.3) is 11.0 Å². The lowest BCUT2D eigenvalue weighted by molar-refractivity contribution is -0.294. The van der Waals surface area contributed by atoms with Crippen molar-refractivity contribution in [3.05, 3.63) is 47.7 Å².